The zero-order valence-corrected chi connectivity index (χ0v) is 7.36. The third kappa shape index (κ3) is 2.25. The predicted molar refractivity (Wildman–Crippen MR) is 50.9 cm³/mol. The SMILES string of the molecule is [CH2]/C=C/c1ccc(Cl)c(Cl)c1. The number of allylic oxidation sites excluding steroid dienone is 1. The molecule has 2 heteroatoms. The fourth-order valence-corrected chi connectivity index (χ4v) is 1.06. The summed E-state index contributed by atoms with van der Waals surface area (Å²) in [5.41, 5.74) is 1.01. The summed E-state index contributed by atoms with van der Waals surface area (Å²) >= 11 is 11.5. The molecule has 0 fully saturated rings. The molecule has 0 spiro atoms. The van der Waals surface area contributed by atoms with Crippen LogP contribution in [-0.2, 0) is 0 Å². The predicted octanol–water partition coefficient (Wildman–Crippen LogP) is 3.84. The van der Waals surface area contributed by atoms with Gasteiger partial charge in [0.25, 0.3) is 0 Å². The third-order valence-corrected chi connectivity index (χ3v) is 1.99. The van der Waals surface area contributed by atoms with Crippen LogP contribution in [0.1, 0.15) is 5.56 Å². The van der Waals surface area contributed by atoms with Crippen LogP contribution in [-0.4, -0.2) is 0 Å². The number of rotatable bonds is 1. The van der Waals surface area contributed by atoms with E-state index in [0.717, 1.165) is 5.56 Å². The highest BCUT2D eigenvalue weighted by atomic mass is 35.5. The van der Waals surface area contributed by atoms with E-state index in [1.54, 1.807) is 18.2 Å². The second kappa shape index (κ2) is 3.80. The van der Waals surface area contributed by atoms with Gasteiger partial charge in [0.15, 0.2) is 0 Å². The molecule has 57 valence electrons. The first-order valence-corrected chi connectivity index (χ1v) is 3.90. The maximum absolute atomic E-state index is 5.76. The van der Waals surface area contributed by atoms with Gasteiger partial charge in [-0.25, -0.2) is 0 Å². The van der Waals surface area contributed by atoms with Crippen molar-refractivity contribution in [3.05, 3.63) is 46.8 Å². The molecular weight excluding hydrogens is 179 g/mol. The van der Waals surface area contributed by atoms with Crippen molar-refractivity contribution in [2.75, 3.05) is 0 Å². The van der Waals surface area contributed by atoms with Crippen LogP contribution in [0.4, 0.5) is 0 Å². The van der Waals surface area contributed by atoms with E-state index in [0.29, 0.717) is 10.0 Å². The standard InChI is InChI=1S/C9H7Cl2/c1-2-3-7-4-5-8(10)9(11)6-7/h2-6H,1H2/b3-2+. The Bertz CT molecular complexity index is 277. The Morgan fingerprint density at radius 3 is 2.45 bits per heavy atom. The van der Waals surface area contributed by atoms with Gasteiger partial charge in [0.1, 0.15) is 0 Å². The van der Waals surface area contributed by atoms with E-state index in [1.807, 2.05) is 12.1 Å². The minimum absolute atomic E-state index is 0.572. The van der Waals surface area contributed by atoms with E-state index in [9.17, 15) is 0 Å². The van der Waals surface area contributed by atoms with Crippen molar-refractivity contribution in [2.24, 2.45) is 0 Å². The number of hydrogen-bond donors (Lipinski definition) is 0. The van der Waals surface area contributed by atoms with Crippen LogP contribution in [0, 0.1) is 6.92 Å². The normalized spacial score (nSPS) is 10.8. The lowest BCUT2D eigenvalue weighted by atomic mass is 10.2. The molecule has 1 rings (SSSR count). The van der Waals surface area contributed by atoms with Crippen LogP contribution in [0.25, 0.3) is 6.08 Å². The Morgan fingerprint density at radius 1 is 1.18 bits per heavy atom. The Morgan fingerprint density at radius 2 is 1.91 bits per heavy atom. The highest BCUT2D eigenvalue weighted by molar-refractivity contribution is 6.42. The zero-order chi connectivity index (χ0) is 8.27. The second-order valence-electron chi connectivity index (χ2n) is 2.08. The number of halogens is 2. The van der Waals surface area contributed by atoms with Gasteiger partial charge in [0.05, 0.1) is 10.0 Å². The number of benzene rings is 1. The van der Waals surface area contributed by atoms with Gasteiger partial charge in [-0.15, -0.1) is 0 Å². The maximum atomic E-state index is 5.76. The van der Waals surface area contributed by atoms with E-state index in [1.165, 1.54) is 0 Å². The van der Waals surface area contributed by atoms with Crippen molar-refractivity contribution in [1.29, 1.82) is 0 Å². The quantitative estimate of drug-likeness (QED) is 0.624. The van der Waals surface area contributed by atoms with Crippen LogP contribution in [0.15, 0.2) is 24.3 Å². The van der Waals surface area contributed by atoms with Crippen LogP contribution in [0.3, 0.4) is 0 Å². The molecule has 0 N–H and O–H groups in total. The maximum Gasteiger partial charge on any atom is 0.0598 e. The molecule has 0 saturated heterocycles. The highest BCUT2D eigenvalue weighted by Crippen LogP contribution is 2.22. The molecule has 1 aromatic carbocycles. The average Bonchev–Trinajstić information content (AvgIpc) is 1.98. The Hall–Kier alpha value is -0.460. The van der Waals surface area contributed by atoms with Crippen LogP contribution in [0.2, 0.25) is 10.0 Å². The van der Waals surface area contributed by atoms with Crippen molar-refractivity contribution in [1.82, 2.24) is 0 Å². The van der Waals surface area contributed by atoms with Crippen molar-refractivity contribution in [3.8, 4) is 0 Å². The van der Waals surface area contributed by atoms with Crippen LogP contribution in [0.5, 0.6) is 0 Å². The Balaban J connectivity index is 3.05. The lowest BCUT2D eigenvalue weighted by molar-refractivity contribution is 1.65. The molecule has 1 radical (unpaired) electrons. The summed E-state index contributed by atoms with van der Waals surface area (Å²) in [6.45, 7) is 3.58. The van der Waals surface area contributed by atoms with Crippen LogP contribution < -0.4 is 0 Å². The summed E-state index contributed by atoms with van der Waals surface area (Å²) in [5.74, 6) is 0. The van der Waals surface area contributed by atoms with E-state index >= 15 is 0 Å². The van der Waals surface area contributed by atoms with E-state index < -0.39 is 0 Å². The molecule has 0 aromatic heterocycles. The van der Waals surface area contributed by atoms with Crippen molar-refractivity contribution >= 4 is 29.3 Å². The molecule has 0 saturated carbocycles. The summed E-state index contributed by atoms with van der Waals surface area (Å²) < 4.78 is 0. The fourth-order valence-electron chi connectivity index (χ4n) is 0.752. The van der Waals surface area contributed by atoms with Gasteiger partial charge >= 0.3 is 0 Å². The molecular formula is C9H7Cl2. The molecule has 0 nitrogen and oxygen atoms in total. The highest BCUT2D eigenvalue weighted by Gasteiger charge is 1.95. The van der Waals surface area contributed by atoms with Gasteiger partial charge in [-0.3, -0.25) is 0 Å². The molecule has 0 atom stereocenters. The first-order valence-electron chi connectivity index (χ1n) is 3.15. The van der Waals surface area contributed by atoms with Gasteiger partial charge in [0, 0.05) is 0 Å². The molecule has 0 heterocycles. The molecule has 0 aliphatic heterocycles. The molecule has 1 aromatic rings. The van der Waals surface area contributed by atoms with Crippen LogP contribution >= 0.6 is 23.2 Å². The third-order valence-electron chi connectivity index (χ3n) is 1.25. The van der Waals surface area contributed by atoms with Crippen molar-refractivity contribution in [3.63, 3.8) is 0 Å². The molecule has 0 bridgehead atoms. The molecule has 0 amide bonds. The van der Waals surface area contributed by atoms with Gasteiger partial charge in [-0.2, -0.15) is 0 Å². The Kier molecular flexibility index (Phi) is 2.98. The fraction of sp³-hybridized carbons (Fsp3) is 0. The van der Waals surface area contributed by atoms with Gasteiger partial charge < -0.3 is 0 Å². The van der Waals surface area contributed by atoms with E-state index in [2.05, 4.69) is 6.92 Å². The summed E-state index contributed by atoms with van der Waals surface area (Å²) in [6.07, 6.45) is 3.57. The molecule has 0 aliphatic rings. The average molecular weight is 186 g/mol. The Labute approximate surface area is 76.4 Å². The minimum Gasteiger partial charge on any atom is -0.0836 e. The van der Waals surface area contributed by atoms with Crippen molar-refractivity contribution in [2.45, 2.75) is 0 Å². The van der Waals surface area contributed by atoms with E-state index in [4.69, 9.17) is 23.2 Å². The smallest absolute Gasteiger partial charge is 0.0598 e. The molecule has 0 unspecified atom stereocenters. The van der Waals surface area contributed by atoms with Gasteiger partial charge in [-0.05, 0) is 24.6 Å². The lowest BCUT2D eigenvalue weighted by Gasteiger charge is -1.96. The largest absolute Gasteiger partial charge is 0.0836 e. The van der Waals surface area contributed by atoms with Gasteiger partial charge in [0.2, 0.25) is 0 Å². The summed E-state index contributed by atoms with van der Waals surface area (Å²) in [4.78, 5) is 0. The summed E-state index contributed by atoms with van der Waals surface area (Å²) in [7, 11) is 0. The first kappa shape index (κ1) is 8.63. The monoisotopic (exact) mass is 185 g/mol. The molecule has 11 heavy (non-hydrogen) atoms. The second-order valence-corrected chi connectivity index (χ2v) is 2.89. The molecule has 0 aliphatic carbocycles. The minimum atomic E-state index is 0.572. The zero-order valence-electron chi connectivity index (χ0n) is 5.85. The lowest BCUT2D eigenvalue weighted by Crippen LogP contribution is -1.72. The topological polar surface area (TPSA) is 0 Å². The van der Waals surface area contributed by atoms with E-state index in [-0.39, 0.29) is 0 Å². The summed E-state index contributed by atoms with van der Waals surface area (Å²) in [6, 6.07) is 5.45. The summed E-state index contributed by atoms with van der Waals surface area (Å²) in [5, 5.41) is 1.15. The number of hydrogen-bond acceptors (Lipinski definition) is 0. The van der Waals surface area contributed by atoms with Crippen molar-refractivity contribution < 1.29 is 0 Å². The van der Waals surface area contributed by atoms with Gasteiger partial charge in [-0.1, -0.05) is 41.4 Å². The first-order chi connectivity index (χ1) is 5.24.